The van der Waals surface area contributed by atoms with Gasteiger partial charge in [-0.25, -0.2) is 15.8 Å². The Morgan fingerprint density at radius 3 is 2.93 bits per heavy atom. The van der Waals surface area contributed by atoms with Gasteiger partial charge in [0.25, 0.3) is 0 Å². The van der Waals surface area contributed by atoms with E-state index in [2.05, 4.69) is 31.3 Å². The summed E-state index contributed by atoms with van der Waals surface area (Å²) in [6, 6.07) is 3.68. The lowest BCUT2D eigenvalue weighted by atomic mass is 10.4. The van der Waals surface area contributed by atoms with Gasteiger partial charge in [0.15, 0.2) is 5.82 Å². The summed E-state index contributed by atoms with van der Waals surface area (Å²) in [5, 5.41) is 1.98. The van der Waals surface area contributed by atoms with Gasteiger partial charge >= 0.3 is 0 Å². The van der Waals surface area contributed by atoms with Crippen LogP contribution in [-0.2, 0) is 0 Å². The van der Waals surface area contributed by atoms with E-state index in [-0.39, 0.29) is 0 Å². The largest absolute Gasteiger partial charge is 0.308 e. The van der Waals surface area contributed by atoms with Crippen molar-refractivity contribution in [1.82, 2.24) is 9.97 Å². The molecule has 0 amide bonds. The zero-order valence-electron chi connectivity index (χ0n) is 7.07. The van der Waals surface area contributed by atoms with Crippen LogP contribution in [0.4, 0.5) is 5.82 Å². The Kier molecular flexibility index (Phi) is 2.76. The van der Waals surface area contributed by atoms with Crippen molar-refractivity contribution >= 4 is 33.1 Å². The SMILES string of the molecule is NNc1ccnc(-c2sccc2Br)n1. The highest BCUT2D eigenvalue weighted by atomic mass is 79.9. The van der Waals surface area contributed by atoms with Gasteiger partial charge in [-0.1, -0.05) is 0 Å². The fourth-order valence-corrected chi connectivity index (χ4v) is 2.49. The van der Waals surface area contributed by atoms with E-state index in [9.17, 15) is 0 Å². The lowest BCUT2D eigenvalue weighted by Gasteiger charge is -2.00. The minimum absolute atomic E-state index is 0.607. The zero-order chi connectivity index (χ0) is 9.97. The summed E-state index contributed by atoms with van der Waals surface area (Å²) in [4.78, 5) is 9.39. The maximum absolute atomic E-state index is 5.26. The van der Waals surface area contributed by atoms with Gasteiger partial charge in [-0.3, -0.25) is 0 Å². The van der Waals surface area contributed by atoms with Crippen molar-refractivity contribution in [2.24, 2.45) is 5.84 Å². The van der Waals surface area contributed by atoms with Gasteiger partial charge in [0.05, 0.1) is 4.88 Å². The molecule has 0 bridgehead atoms. The number of halogens is 1. The summed E-state index contributed by atoms with van der Waals surface area (Å²) in [5.74, 6) is 6.54. The molecule has 2 heterocycles. The number of nitrogens with zero attached hydrogens (tertiary/aromatic N) is 2. The Balaban J connectivity index is 2.47. The van der Waals surface area contributed by atoms with Crippen LogP contribution in [0.1, 0.15) is 0 Å². The van der Waals surface area contributed by atoms with Crippen LogP contribution in [0.2, 0.25) is 0 Å². The summed E-state index contributed by atoms with van der Waals surface area (Å²) >= 11 is 5.01. The smallest absolute Gasteiger partial charge is 0.172 e. The van der Waals surface area contributed by atoms with Crippen molar-refractivity contribution < 1.29 is 0 Å². The Labute approximate surface area is 93.3 Å². The number of hydrogen-bond donors (Lipinski definition) is 2. The van der Waals surface area contributed by atoms with Crippen molar-refractivity contribution in [3.8, 4) is 10.7 Å². The molecule has 0 aliphatic heterocycles. The number of aromatic nitrogens is 2. The average Bonchev–Trinajstić information content (AvgIpc) is 2.65. The van der Waals surface area contributed by atoms with Gasteiger partial charge in [0, 0.05) is 16.7 Å². The first-order valence-electron chi connectivity index (χ1n) is 3.84. The first kappa shape index (κ1) is 9.57. The molecule has 0 fully saturated rings. The Morgan fingerprint density at radius 2 is 2.29 bits per heavy atom. The molecular weight excluding hydrogens is 264 g/mol. The average molecular weight is 271 g/mol. The van der Waals surface area contributed by atoms with Gasteiger partial charge in [-0.15, -0.1) is 11.3 Å². The number of nitrogens with two attached hydrogens (primary N) is 1. The quantitative estimate of drug-likeness (QED) is 0.649. The molecule has 0 aliphatic carbocycles. The van der Waals surface area contributed by atoms with Gasteiger partial charge < -0.3 is 5.43 Å². The topological polar surface area (TPSA) is 63.8 Å². The number of hydrazine groups is 1. The molecular formula is C8H7BrN4S. The number of nitrogens with one attached hydrogen (secondary N) is 1. The molecule has 0 saturated heterocycles. The van der Waals surface area contributed by atoms with Crippen molar-refractivity contribution in [3.05, 3.63) is 28.2 Å². The fourth-order valence-electron chi connectivity index (χ4n) is 1.00. The molecule has 2 rings (SSSR count). The maximum atomic E-state index is 5.26. The van der Waals surface area contributed by atoms with Crippen LogP contribution >= 0.6 is 27.3 Å². The number of thiophene rings is 1. The molecule has 0 atom stereocenters. The first-order valence-corrected chi connectivity index (χ1v) is 5.51. The monoisotopic (exact) mass is 270 g/mol. The highest BCUT2D eigenvalue weighted by Gasteiger charge is 2.07. The summed E-state index contributed by atoms with van der Waals surface area (Å²) in [6.45, 7) is 0. The summed E-state index contributed by atoms with van der Waals surface area (Å²) < 4.78 is 0.997. The molecule has 72 valence electrons. The number of nitrogen functional groups attached to an aromatic ring is 1. The number of anilines is 1. The molecule has 0 saturated carbocycles. The molecule has 2 aromatic rings. The van der Waals surface area contributed by atoms with E-state index in [1.807, 2.05) is 11.4 Å². The van der Waals surface area contributed by atoms with Crippen molar-refractivity contribution in [2.75, 3.05) is 5.43 Å². The lowest BCUT2D eigenvalue weighted by molar-refractivity contribution is 1.15. The van der Waals surface area contributed by atoms with Crippen molar-refractivity contribution in [3.63, 3.8) is 0 Å². The number of rotatable bonds is 2. The molecule has 0 aromatic carbocycles. The summed E-state index contributed by atoms with van der Waals surface area (Å²) in [6.07, 6.45) is 1.67. The highest BCUT2D eigenvalue weighted by molar-refractivity contribution is 9.10. The maximum Gasteiger partial charge on any atom is 0.172 e. The van der Waals surface area contributed by atoms with E-state index in [1.165, 1.54) is 0 Å². The zero-order valence-corrected chi connectivity index (χ0v) is 9.47. The third-order valence-corrected chi connectivity index (χ3v) is 3.46. The second-order valence-electron chi connectivity index (χ2n) is 2.51. The van der Waals surface area contributed by atoms with Crippen molar-refractivity contribution in [2.45, 2.75) is 0 Å². The van der Waals surface area contributed by atoms with E-state index in [0.29, 0.717) is 11.6 Å². The summed E-state index contributed by atoms with van der Waals surface area (Å²) in [7, 11) is 0. The van der Waals surface area contributed by atoms with Crippen LogP contribution in [0, 0.1) is 0 Å². The van der Waals surface area contributed by atoms with E-state index in [1.54, 1.807) is 23.6 Å². The molecule has 4 nitrogen and oxygen atoms in total. The molecule has 6 heteroatoms. The Bertz CT molecular complexity index is 442. The lowest BCUT2D eigenvalue weighted by Crippen LogP contribution is -2.08. The normalized spacial score (nSPS) is 10.1. The fraction of sp³-hybridized carbons (Fsp3) is 0. The second kappa shape index (κ2) is 4.04. The predicted octanol–water partition coefficient (Wildman–Crippen LogP) is 2.25. The van der Waals surface area contributed by atoms with E-state index < -0.39 is 0 Å². The molecule has 14 heavy (non-hydrogen) atoms. The van der Waals surface area contributed by atoms with Gasteiger partial charge in [0.1, 0.15) is 5.82 Å². The van der Waals surface area contributed by atoms with Gasteiger partial charge in [-0.05, 0) is 27.4 Å². The van der Waals surface area contributed by atoms with Crippen molar-refractivity contribution in [1.29, 1.82) is 0 Å². The van der Waals surface area contributed by atoms with E-state index in [4.69, 9.17) is 5.84 Å². The molecule has 3 N–H and O–H groups in total. The molecule has 0 unspecified atom stereocenters. The molecule has 2 aromatic heterocycles. The van der Waals surface area contributed by atoms with Gasteiger partial charge in [0.2, 0.25) is 0 Å². The number of hydrogen-bond acceptors (Lipinski definition) is 5. The van der Waals surface area contributed by atoms with Crippen LogP contribution in [0.25, 0.3) is 10.7 Å². The third-order valence-electron chi connectivity index (χ3n) is 1.62. The first-order chi connectivity index (χ1) is 6.81. The standard InChI is InChI=1S/C8H7BrN4S/c9-5-2-4-14-7(5)8-11-3-1-6(12-8)13-10/h1-4H,10H2,(H,11,12,13). The van der Waals surface area contributed by atoms with Gasteiger partial charge in [-0.2, -0.15) is 0 Å². The van der Waals surface area contributed by atoms with Crippen LogP contribution in [0.5, 0.6) is 0 Å². The minimum atomic E-state index is 0.607. The predicted molar refractivity (Wildman–Crippen MR) is 60.9 cm³/mol. The summed E-state index contributed by atoms with van der Waals surface area (Å²) in [5.41, 5.74) is 2.49. The molecule has 0 radical (unpaired) electrons. The third kappa shape index (κ3) is 1.77. The van der Waals surface area contributed by atoms with Crippen LogP contribution < -0.4 is 11.3 Å². The van der Waals surface area contributed by atoms with Crippen LogP contribution in [0.15, 0.2) is 28.2 Å². The van der Waals surface area contributed by atoms with E-state index in [0.717, 1.165) is 9.35 Å². The highest BCUT2D eigenvalue weighted by Crippen LogP contribution is 2.31. The second-order valence-corrected chi connectivity index (χ2v) is 4.28. The molecule has 0 spiro atoms. The Morgan fingerprint density at radius 1 is 1.43 bits per heavy atom. The minimum Gasteiger partial charge on any atom is -0.308 e. The Hall–Kier alpha value is -0.980. The van der Waals surface area contributed by atoms with Crippen LogP contribution in [-0.4, -0.2) is 9.97 Å². The molecule has 0 aliphatic rings. The van der Waals surface area contributed by atoms with E-state index >= 15 is 0 Å². The van der Waals surface area contributed by atoms with Crippen LogP contribution in [0.3, 0.4) is 0 Å².